The normalized spacial score (nSPS) is 10.1. The molecule has 1 aromatic carbocycles. The number of oxazole rings is 1. The van der Waals surface area contributed by atoms with E-state index in [2.05, 4.69) is 15.3 Å². The molecule has 2 heterocycles. The van der Waals surface area contributed by atoms with Gasteiger partial charge in [0.2, 0.25) is 17.5 Å². The summed E-state index contributed by atoms with van der Waals surface area (Å²) in [6.45, 7) is 0.603. The molecule has 3 rings (SSSR count). The number of methoxy groups -OCH3 is 1. The fraction of sp³-hybridized carbons (Fsp3) is 0.167. The molecule has 0 spiro atoms. The van der Waals surface area contributed by atoms with Crippen LogP contribution in [0.1, 0.15) is 17.1 Å². The van der Waals surface area contributed by atoms with E-state index in [0.29, 0.717) is 24.1 Å². The number of hydrogen-bond donors (Lipinski definition) is 1. The molecule has 0 fully saturated rings. The smallest absolute Gasteiger partial charge is 0.236 e. The van der Waals surface area contributed by atoms with Gasteiger partial charge in [-0.05, 0) is 35.9 Å². The van der Waals surface area contributed by atoms with Gasteiger partial charge in [-0.25, -0.2) is 0 Å². The molecule has 0 amide bonds. The molecule has 0 saturated carbocycles. The Morgan fingerprint density at radius 3 is 2.68 bits per heavy atom. The highest BCUT2D eigenvalue weighted by Crippen LogP contribution is 2.21. The summed E-state index contributed by atoms with van der Waals surface area (Å²) in [6, 6.07) is 12.9. The van der Waals surface area contributed by atoms with Crippen LogP contribution in [0.15, 0.2) is 53.2 Å². The number of anilines is 1. The molecule has 7 heteroatoms. The average molecular weight is 336 g/mol. The number of hydrogen-bond acceptors (Lipinski definition) is 7. The second-order valence-corrected chi connectivity index (χ2v) is 5.08. The van der Waals surface area contributed by atoms with Crippen LogP contribution in [0.4, 0.5) is 5.88 Å². The zero-order valence-electron chi connectivity index (χ0n) is 13.6. The van der Waals surface area contributed by atoms with Gasteiger partial charge in [-0.3, -0.25) is 4.98 Å². The maximum Gasteiger partial charge on any atom is 0.236 e. The first-order valence-corrected chi connectivity index (χ1v) is 7.58. The topological polar surface area (TPSA) is 93.2 Å². The molecule has 25 heavy (non-hydrogen) atoms. The van der Waals surface area contributed by atoms with Crippen molar-refractivity contribution in [1.29, 1.82) is 5.26 Å². The van der Waals surface area contributed by atoms with Crippen molar-refractivity contribution in [2.24, 2.45) is 0 Å². The van der Waals surface area contributed by atoms with E-state index in [-0.39, 0.29) is 12.3 Å². The van der Waals surface area contributed by atoms with E-state index in [1.165, 1.54) is 0 Å². The van der Waals surface area contributed by atoms with Crippen LogP contribution in [-0.4, -0.2) is 17.1 Å². The summed E-state index contributed by atoms with van der Waals surface area (Å²) in [7, 11) is 1.60. The number of aromatic nitrogens is 2. The molecular formula is C18H16N4O3. The van der Waals surface area contributed by atoms with E-state index in [1.54, 1.807) is 43.8 Å². The Kier molecular flexibility index (Phi) is 5.12. The van der Waals surface area contributed by atoms with Gasteiger partial charge in [-0.15, -0.1) is 0 Å². The van der Waals surface area contributed by atoms with Gasteiger partial charge in [0.1, 0.15) is 17.6 Å². The molecule has 1 N–H and O–H groups in total. The molecule has 3 aromatic rings. The summed E-state index contributed by atoms with van der Waals surface area (Å²) < 4.78 is 16.3. The number of benzene rings is 1. The molecule has 0 aliphatic heterocycles. The first-order chi connectivity index (χ1) is 12.3. The van der Waals surface area contributed by atoms with E-state index >= 15 is 0 Å². The number of ether oxygens (including phenoxy) is 2. The number of pyridine rings is 1. The fourth-order valence-corrected chi connectivity index (χ4v) is 2.12. The lowest BCUT2D eigenvalue weighted by Gasteiger charge is -2.05. The lowest BCUT2D eigenvalue weighted by molar-refractivity contribution is 0.264. The molecule has 0 aliphatic rings. The van der Waals surface area contributed by atoms with Crippen molar-refractivity contribution < 1.29 is 13.9 Å². The molecule has 0 aliphatic carbocycles. The first-order valence-electron chi connectivity index (χ1n) is 7.58. The maximum atomic E-state index is 9.19. The zero-order valence-corrected chi connectivity index (χ0v) is 13.6. The van der Waals surface area contributed by atoms with Crippen LogP contribution >= 0.6 is 0 Å². The minimum atomic E-state index is 0.121. The maximum absolute atomic E-state index is 9.19. The standard InChI is InChI=1S/C18H16N4O3/c1-23-14-4-6-15(7-5-14)24-12-17-22-16(9-19)18(25-17)21-11-13-3-2-8-20-10-13/h2-8,10,21H,11-12H2,1H3. The molecular weight excluding hydrogens is 320 g/mol. The largest absolute Gasteiger partial charge is 0.497 e. The summed E-state index contributed by atoms with van der Waals surface area (Å²) >= 11 is 0. The van der Waals surface area contributed by atoms with Gasteiger partial charge in [-0.1, -0.05) is 6.07 Å². The van der Waals surface area contributed by atoms with E-state index < -0.39 is 0 Å². The van der Waals surface area contributed by atoms with E-state index in [0.717, 1.165) is 11.3 Å². The monoisotopic (exact) mass is 336 g/mol. The Balaban J connectivity index is 1.62. The van der Waals surface area contributed by atoms with Crippen LogP contribution in [0.5, 0.6) is 11.5 Å². The highest BCUT2D eigenvalue weighted by atomic mass is 16.5. The second kappa shape index (κ2) is 7.84. The van der Waals surface area contributed by atoms with Crippen molar-refractivity contribution >= 4 is 5.88 Å². The van der Waals surface area contributed by atoms with Crippen molar-refractivity contribution in [3.63, 3.8) is 0 Å². The van der Waals surface area contributed by atoms with Gasteiger partial charge in [-0.2, -0.15) is 10.2 Å². The summed E-state index contributed by atoms with van der Waals surface area (Å²) in [6.07, 6.45) is 3.44. The zero-order chi connectivity index (χ0) is 17.5. The molecule has 0 bridgehead atoms. The Bertz CT molecular complexity index is 854. The van der Waals surface area contributed by atoms with Crippen molar-refractivity contribution in [1.82, 2.24) is 9.97 Å². The lowest BCUT2D eigenvalue weighted by atomic mass is 10.3. The Morgan fingerprint density at radius 1 is 1.20 bits per heavy atom. The number of rotatable bonds is 7. The summed E-state index contributed by atoms with van der Waals surface area (Å²) in [5.41, 5.74) is 1.16. The Hall–Kier alpha value is -3.53. The molecule has 126 valence electrons. The minimum absolute atomic E-state index is 0.121. The summed E-state index contributed by atoms with van der Waals surface area (Å²) in [5, 5.41) is 12.2. The van der Waals surface area contributed by atoms with Gasteiger partial charge in [0.15, 0.2) is 6.61 Å². The van der Waals surface area contributed by atoms with Crippen LogP contribution in [0, 0.1) is 11.3 Å². The molecule has 0 radical (unpaired) electrons. The van der Waals surface area contributed by atoms with Gasteiger partial charge in [0.25, 0.3) is 0 Å². The number of nitrogens with one attached hydrogen (secondary N) is 1. The second-order valence-electron chi connectivity index (χ2n) is 5.08. The van der Waals surface area contributed by atoms with E-state index in [1.807, 2.05) is 18.2 Å². The lowest BCUT2D eigenvalue weighted by Crippen LogP contribution is -2.00. The molecule has 7 nitrogen and oxygen atoms in total. The number of nitriles is 1. The predicted octanol–water partition coefficient (Wildman–Crippen LogP) is 3.14. The van der Waals surface area contributed by atoms with Gasteiger partial charge in [0, 0.05) is 18.9 Å². The van der Waals surface area contributed by atoms with Crippen LogP contribution in [-0.2, 0) is 13.2 Å². The Labute approximate surface area is 144 Å². The highest BCUT2D eigenvalue weighted by Gasteiger charge is 2.13. The van der Waals surface area contributed by atoms with Crippen molar-refractivity contribution in [2.45, 2.75) is 13.2 Å². The third-order valence-electron chi connectivity index (χ3n) is 3.37. The van der Waals surface area contributed by atoms with Crippen LogP contribution in [0.2, 0.25) is 0 Å². The van der Waals surface area contributed by atoms with Gasteiger partial charge in [0.05, 0.1) is 7.11 Å². The minimum Gasteiger partial charge on any atom is -0.497 e. The average Bonchev–Trinajstić information content (AvgIpc) is 3.08. The SMILES string of the molecule is COc1ccc(OCc2nc(C#N)c(NCc3cccnc3)o2)cc1. The predicted molar refractivity (Wildman–Crippen MR) is 90.1 cm³/mol. The van der Waals surface area contributed by atoms with Crippen LogP contribution in [0.3, 0.4) is 0 Å². The molecule has 2 aromatic heterocycles. The number of nitrogens with zero attached hydrogens (tertiary/aromatic N) is 3. The van der Waals surface area contributed by atoms with Crippen molar-refractivity contribution in [3.05, 3.63) is 65.9 Å². The van der Waals surface area contributed by atoms with Gasteiger partial charge >= 0.3 is 0 Å². The van der Waals surface area contributed by atoms with Gasteiger partial charge < -0.3 is 19.2 Å². The molecule has 0 unspecified atom stereocenters. The summed E-state index contributed by atoms with van der Waals surface area (Å²) in [4.78, 5) is 8.17. The molecule has 0 atom stereocenters. The third-order valence-corrected chi connectivity index (χ3v) is 3.37. The third kappa shape index (κ3) is 4.26. The van der Waals surface area contributed by atoms with E-state index in [4.69, 9.17) is 13.9 Å². The Morgan fingerprint density at radius 2 is 2.00 bits per heavy atom. The quantitative estimate of drug-likeness (QED) is 0.708. The van der Waals surface area contributed by atoms with Crippen molar-refractivity contribution in [3.8, 4) is 17.6 Å². The van der Waals surface area contributed by atoms with E-state index in [9.17, 15) is 5.26 Å². The van der Waals surface area contributed by atoms with Crippen LogP contribution in [0.25, 0.3) is 0 Å². The highest BCUT2D eigenvalue weighted by molar-refractivity contribution is 5.45. The van der Waals surface area contributed by atoms with Crippen molar-refractivity contribution in [2.75, 3.05) is 12.4 Å². The fourth-order valence-electron chi connectivity index (χ4n) is 2.12. The van der Waals surface area contributed by atoms with Crippen LogP contribution < -0.4 is 14.8 Å². The molecule has 0 saturated heterocycles. The summed E-state index contributed by atoms with van der Waals surface area (Å²) in [5.74, 6) is 2.04. The first kappa shape index (κ1) is 16.3.